The lowest BCUT2D eigenvalue weighted by Crippen LogP contribution is -2.38. The van der Waals surface area contributed by atoms with E-state index >= 15 is 0 Å². The van der Waals surface area contributed by atoms with Crippen LogP contribution in [0.5, 0.6) is 0 Å². The van der Waals surface area contributed by atoms with E-state index in [1.165, 1.54) is 44.2 Å². The van der Waals surface area contributed by atoms with E-state index in [4.69, 9.17) is 10.9 Å². The maximum Gasteiger partial charge on any atom is 0.0640 e. The van der Waals surface area contributed by atoms with Crippen LogP contribution in [0.25, 0.3) is 0 Å². The van der Waals surface area contributed by atoms with Crippen LogP contribution in [0.3, 0.4) is 0 Å². The minimum Gasteiger partial charge on any atom is -0.271 e. The first-order valence-electron chi connectivity index (χ1n) is 6.87. The van der Waals surface area contributed by atoms with Gasteiger partial charge in [-0.15, -0.1) is 0 Å². The summed E-state index contributed by atoms with van der Waals surface area (Å²) in [5.41, 5.74) is 4.13. The summed E-state index contributed by atoms with van der Waals surface area (Å²) < 4.78 is 2.17. The van der Waals surface area contributed by atoms with Crippen molar-refractivity contribution < 1.29 is 0 Å². The summed E-state index contributed by atoms with van der Waals surface area (Å²) in [4.78, 5) is 0. The number of nitrogens with zero attached hydrogens (tertiary/aromatic N) is 2. The van der Waals surface area contributed by atoms with Crippen molar-refractivity contribution in [3.05, 3.63) is 18.0 Å². The average molecular weight is 234 g/mol. The van der Waals surface area contributed by atoms with E-state index in [0.29, 0.717) is 12.1 Å². The predicted molar refractivity (Wildman–Crippen MR) is 67.3 cm³/mol. The van der Waals surface area contributed by atoms with Crippen molar-refractivity contribution >= 4 is 0 Å². The quantitative estimate of drug-likeness (QED) is 0.603. The Hall–Kier alpha value is -0.870. The number of aromatic nitrogens is 2. The van der Waals surface area contributed by atoms with Gasteiger partial charge in [-0.3, -0.25) is 16.0 Å². The summed E-state index contributed by atoms with van der Waals surface area (Å²) >= 11 is 0. The number of hydrogen-bond donors (Lipinski definition) is 2. The van der Waals surface area contributed by atoms with Gasteiger partial charge in [-0.1, -0.05) is 12.8 Å². The summed E-state index contributed by atoms with van der Waals surface area (Å²) in [5.74, 6) is 6.38. The first-order valence-corrected chi connectivity index (χ1v) is 6.87. The minimum absolute atomic E-state index is 0.418. The summed E-state index contributed by atoms with van der Waals surface area (Å²) in [6, 6.07) is 3.22. The van der Waals surface area contributed by atoms with Crippen LogP contribution in [0.15, 0.2) is 12.3 Å². The van der Waals surface area contributed by atoms with E-state index in [1.807, 2.05) is 0 Å². The molecule has 1 heterocycles. The van der Waals surface area contributed by atoms with Crippen LogP contribution >= 0.6 is 0 Å². The van der Waals surface area contributed by atoms with E-state index in [9.17, 15) is 0 Å². The van der Waals surface area contributed by atoms with Gasteiger partial charge >= 0.3 is 0 Å². The van der Waals surface area contributed by atoms with E-state index in [2.05, 4.69) is 22.4 Å². The first kappa shape index (κ1) is 11.2. The molecule has 2 saturated carbocycles. The second-order valence-electron chi connectivity index (χ2n) is 5.54. The average Bonchev–Trinajstić information content (AvgIpc) is 2.88. The van der Waals surface area contributed by atoms with Gasteiger partial charge in [-0.2, -0.15) is 5.10 Å². The highest BCUT2D eigenvalue weighted by molar-refractivity contribution is 5.04. The van der Waals surface area contributed by atoms with Gasteiger partial charge in [0.15, 0.2) is 0 Å². The predicted octanol–water partition coefficient (Wildman–Crippen LogP) is 1.78. The standard InChI is InChI=1S/C13H22N4/c14-15-13(10-5-6-10)9-11-7-8-17(16-11)12-3-1-2-4-12/h7-8,10,12-13,15H,1-6,9,14H2. The Morgan fingerprint density at radius 1 is 1.35 bits per heavy atom. The lowest BCUT2D eigenvalue weighted by Gasteiger charge is -2.13. The Labute approximate surface area is 103 Å². The molecular formula is C13H22N4. The number of nitrogens with two attached hydrogens (primary N) is 1. The second-order valence-corrected chi connectivity index (χ2v) is 5.54. The molecule has 94 valence electrons. The Morgan fingerprint density at radius 2 is 2.12 bits per heavy atom. The van der Waals surface area contributed by atoms with Crippen LogP contribution in [0.4, 0.5) is 0 Å². The number of nitrogens with one attached hydrogen (secondary N) is 1. The molecule has 3 rings (SSSR count). The van der Waals surface area contributed by atoms with E-state index in [1.54, 1.807) is 0 Å². The molecule has 0 spiro atoms. The highest BCUT2D eigenvalue weighted by atomic mass is 15.3. The molecule has 4 heteroatoms. The molecule has 2 aliphatic carbocycles. The van der Waals surface area contributed by atoms with Crippen molar-refractivity contribution in [2.24, 2.45) is 11.8 Å². The molecule has 0 amide bonds. The van der Waals surface area contributed by atoms with Gasteiger partial charge in [-0.05, 0) is 37.7 Å². The third-order valence-electron chi connectivity index (χ3n) is 4.20. The molecule has 1 atom stereocenters. The maximum absolute atomic E-state index is 5.61. The summed E-state index contributed by atoms with van der Waals surface area (Å²) in [5, 5.41) is 4.71. The van der Waals surface area contributed by atoms with Crippen molar-refractivity contribution in [1.82, 2.24) is 15.2 Å². The van der Waals surface area contributed by atoms with E-state index < -0.39 is 0 Å². The molecule has 0 bridgehead atoms. The maximum atomic E-state index is 5.61. The van der Waals surface area contributed by atoms with Gasteiger partial charge < -0.3 is 0 Å². The third kappa shape index (κ3) is 2.53. The highest BCUT2D eigenvalue weighted by Gasteiger charge is 2.31. The second kappa shape index (κ2) is 4.78. The fourth-order valence-corrected chi connectivity index (χ4v) is 2.94. The van der Waals surface area contributed by atoms with Crippen LogP contribution in [0.1, 0.15) is 50.3 Å². The Balaban J connectivity index is 1.62. The zero-order chi connectivity index (χ0) is 11.7. The Morgan fingerprint density at radius 3 is 2.76 bits per heavy atom. The van der Waals surface area contributed by atoms with Crippen LogP contribution in [0.2, 0.25) is 0 Å². The van der Waals surface area contributed by atoms with Crippen molar-refractivity contribution in [3.8, 4) is 0 Å². The largest absolute Gasteiger partial charge is 0.271 e. The molecule has 0 saturated heterocycles. The zero-order valence-electron chi connectivity index (χ0n) is 10.3. The monoisotopic (exact) mass is 234 g/mol. The van der Waals surface area contributed by atoms with Gasteiger partial charge in [0, 0.05) is 18.7 Å². The van der Waals surface area contributed by atoms with E-state index in [-0.39, 0.29) is 0 Å². The van der Waals surface area contributed by atoms with E-state index in [0.717, 1.165) is 12.3 Å². The van der Waals surface area contributed by atoms with Crippen LogP contribution in [-0.2, 0) is 6.42 Å². The van der Waals surface area contributed by atoms with Crippen LogP contribution in [0, 0.1) is 5.92 Å². The van der Waals surface area contributed by atoms with Gasteiger partial charge in [-0.25, -0.2) is 0 Å². The molecule has 4 nitrogen and oxygen atoms in total. The van der Waals surface area contributed by atoms with Crippen LogP contribution in [-0.4, -0.2) is 15.8 Å². The summed E-state index contributed by atoms with van der Waals surface area (Å²) in [7, 11) is 0. The molecule has 1 aromatic rings. The molecule has 1 aromatic heterocycles. The molecule has 1 unspecified atom stereocenters. The molecule has 3 N–H and O–H groups in total. The van der Waals surface area contributed by atoms with Crippen molar-refractivity contribution in [1.29, 1.82) is 0 Å². The molecule has 0 radical (unpaired) electrons. The molecule has 0 aromatic carbocycles. The van der Waals surface area contributed by atoms with Crippen molar-refractivity contribution in [2.45, 2.75) is 57.0 Å². The van der Waals surface area contributed by atoms with Crippen molar-refractivity contribution in [3.63, 3.8) is 0 Å². The van der Waals surface area contributed by atoms with Crippen LogP contribution < -0.4 is 11.3 Å². The van der Waals surface area contributed by atoms with Gasteiger partial charge in [0.1, 0.15) is 0 Å². The van der Waals surface area contributed by atoms with Gasteiger partial charge in [0.25, 0.3) is 0 Å². The normalized spacial score (nSPS) is 23.1. The highest BCUT2D eigenvalue weighted by Crippen LogP contribution is 2.34. The molecule has 17 heavy (non-hydrogen) atoms. The smallest absolute Gasteiger partial charge is 0.0640 e. The molecule has 0 aliphatic heterocycles. The SMILES string of the molecule is NNC(Cc1ccn(C2CCCC2)n1)C1CC1. The fourth-order valence-electron chi connectivity index (χ4n) is 2.94. The topological polar surface area (TPSA) is 55.9 Å². The fraction of sp³-hybridized carbons (Fsp3) is 0.769. The molecule has 2 aliphatic rings. The molecular weight excluding hydrogens is 212 g/mol. The minimum atomic E-state index is 0.418. The van der Waals surface area contributed by atoms with Crippen molar-refractivity contribution in [2.75, 3.05) is 0 Å². The number of hydrogen-bond acceptors (Lipinski definition) is 3. The zero-order valence-corrected chi connectivity index (χ0v) is 10.3. The van der Waals surface area contributed by atoms with Gasteiger partial charge in [0.2, 0.25) is 0 Å². The third-order valence-corrected chi connectivity index (χ3v) is 4.20. The lowest BCUT2D eigenvalue weighted by atomic mass is 10.1. The number of hydrazine groups is 1. The summed E-state index contributed by atoms with van der Waals surface area (Å²) in [6.45, 7) is 0. The Bertz CT molecular complexity index is 363. The van der Waals surface area contributed by atoms with Gasteiger partial charge in [0.05, 0.1) is 11.7 Å². The summed E-state index contributed by atoms with van der Waals surface area (Å²) in [6.07, 6.45) is 11.1. The first-order chi connectivity index (χ1) is 8.36. The lowest BCUT2D eigenvalue weighted by molar-refractivity contribution is 0.443. The Kier molecular flexibility index (Phi) is 3.16. The number of rotatable bonds is 5. The molecule has 2 fully saturated rings.